The molecule has 1 aliphatic heterocycles. The average Bonchev–Trinajstić information content (AvgIpc) is 2.98. The van der Waals surface area contributed by atoms with Crippen LogP contribution in [-0.4, -0.2) is 24.1 Å². The van der Waals surface area contributed by atoms with Crippen LogP contribution in [-0.2, 0) is 4.74 Å². The third kappa shape index (κ3) is 4.02. The maximum absolute atomic E-state index is 12.8. The summed E-state index contributed by atoms with van der Waals surface area (Å²) in [6, 6.07) is 16.3. The second-order valence-electron chi connectivity index (χ2n) is 5.79. The first kappa shape index (κ1) is 16.2. The quantitative estimate of drug-likeness (QED) is 0.713. The van der Waals surface area contributed by atoms with Gasteiger partial charge in [0.05, 0.1) is 6.04 Å². The molecule has 0 radical (unpaired) electrons. The lowest BCUT2D eigenvalue weighted by atomic mass is 10.1. The first-order valence-corrected chi connectivity index (χ1v) is 8.14. The molecule has 2 aromatic carbocycles. The van der Waals surface area contributed by atoms with E-state index in [1.807, 2.05) is 42.5 Å². The second kappa shape index (κ2) is 7.77. The molecule has 1 saturated heterocycles. The summed E-state index contributed by atoms with van der Waals surface area (Å²) in [7, 11) is 0. The molecule has 3 nitrogen and oxygen atoms in total. The van der Waals surface area contributed by atoms with Crippen LogP contribution in [0.25, 0.3) is 6.08 Å². The van der Waals surface area contributed by atoms with Crippen LogP contribution < -0.4 is 0 Å². The van der Waals surface area contributed by atoms with E-state index in [9.17, 15) is 9.18 Å². The molecule has 1 fully saturated rings. The molecule has 0 unspecified atom stereocenters. The predicted octanol–water partition coefficient (Wildman–Crippen LogP) is 4.81. The Hall–Kier alpha value is -2.62. The Balaban J connectivity index is 1.51. The minimum absolute atomic E-state index is 0.000205. The molecular formula is C20H20FNO2. The fourth-order valence-electron chi connectivity index (χ4n) is 2.82. The van der Waals surface area contributed by atoms with Gasteiger partial charge in [-0.15, -0.1) is 0 Å². The topological polar surface area (TPSA) is 29.5 Å². The van der Waals surface area contributed by atoms with Crippen LogP contribution in [0.15, 0.2) is 60.7 Å². The first-order valence-electron chi connectivity index (χ1n) is 8.14. The number of hydrogen-bond acceptors (Lipinski definition) is 2. The van der Waals surface area contributed by atoms with E-state index < -0.39 is 0 Å². The van der Waals surface area contributed by atoms with Crippen molar-refractivity contribution in [1.29, 1.82) is 0 Å². The summed E-state index contributed by atoms with van der Waals surface area (Å²) in [6.07, 6.45) is 5.48. The van der Waals surface area contributed by atoms with Crippen molar-refractivity contribution in [3.8, 4) is 0 Å². The van der Waals surface area contributed by atoms with Crippen molar-refractivity contribution in [2.45, 2.75) is 18.9 Å². The maximum Gasteiger partial charge on any atom is 0.410 e. The number of unbranched alkanes of at least 4 members (excludes halogenated alkanes) is 1. The van der Waals surface area contributed by atoms with Gasteiger partial charge in [0.15, 0.2) is 0 Å². The van der Waals surface area contributed by atoms with Crippen LogP contribution in [0.5, 0.6) is 0 Å². The van der Waals surface area contributed by atoms with Gasteiger partial charge in [0.25, 0.3) is 0 Å². The fraction of sp³-hybridized carbons (Fsp3) is 0.250. The van der Waals surface area contributed by atoms with E-state index in [0.717, 1.165) is 24.0 Å². The van der Waals surface area contributed by atoms with Crippen molar-refractivity contribution < 1.29 is 13.9 Å². The standard InChI is InChI=1S/C20H20FNO2/c21-18-12-10-16(11-13-18)7-3-2-6-14-22-19(15-24-20(22)23)17-8-4-1-5-9-17/h1,3-5,7-13,19H,2,6,14-15H2/b7-3-/t19-/m1/s1. The molecular weight excluding hydrogens is 305 g/mol. The lowest BCUT2D eigenvalue weighted by molar-refractivity contribution is 0.157. The number of halogens is 1. The van der Waals surface area contributed by atoms with Gasteiger partial charge in [-0.25, -0.2) is 9.18 Å². The molecule has 2 aromatic rings. The van der Waals surface area contributed by atoms with Crippen molar-refractivity contribution in [2.75, 3.05) is 13.2 Å². The number of rotatable bonds is 6. The maximum atomic E-state index is 12.8. The minimum atomic E-state index is -0.244. The molecule has 4 heteroatoms. The van der Waals surface area contributed by atoms with E-state index >= 15 is 0 Å². The van der Waals surface area contributed by atoms with Gasteiger partial charge in [0.1, 0.15) is 12.4 Å². The molecule has 1 atom stereocenters. The Morgan fingerprint density at radius 3 is 2.62 bits per heavy atom. The molecule has 1 amide bonds. The van der Waals surface area contributed by atoms with E-state index in [2.05, 4.69) is 0 Å². The van der Waals surface area contributed by atoms with E-state index in [0.29, 0.717) is 13.2 Å². The van der Waals surface area contributed by atoms with Gasteiger partial charge in [0.2, 0.25) is 0 Å². The van der Waals surface area contributed by atoms with Gasteiger partial charge in [-0.2, -0.15) is 0 Å². The molecule has 124 valence electrons. The molecule has 0 aliphatic carbocycles. The van der Waals surface area contributed by atoms with Crippen molar-refractivity contribution >= 4 is 12.2 Å². The summed E-state index contributed by atoms with van der Waals surface area (Å²) < 4.78 is 18.0. The zero-order chi connectivity index (χ0) is 16.8. The largest absolute Gasteiger partial charge is 0.447 e. The molecule has 0 aromatic heterocycles. The molecule has 0 bridgehead atoms. The predicted molar refractivity (Wildman–Crippen MR) is 91.9 cm³/mol. The van der Waals surface area contributed by atoms with Crippen molar-refractivity contribution in [2.24, 2.45) is 0 Å². The summed E-state index contributed by atoms with van der Waals surface area (Å²) in [6.45, 7) is 1.07. The molecule has 3 rings (SSSR count). The Morgan fingerprint density at radius 1 is 1.12 bits per heavy atom. The van der Waals surface area contributed by atoms with E-state index in [-0.39, 0.29) is 18.0 Å². The SMILES string of the molecule is O=C1OC[C@H](c2ccccc2)N1CCC/C=C\c1ccc(F)cc1. The van der Waals surface area contributed by atoms with Crippen LogP contribution >= 0.6 is 0 Å². The lowest BCUT2D eigenvalue weighted by Crippen LogP contribution is -2.28. The van der Waals surface area contributed by atoms with E-state index in [1.54, 1.807) is 17.0 Å². The Labute approximate surface area is 141 Å². The molecule has 0 spiro atoms. The molecule has 0 saturated carbocycles. The molecule has 24 heavy (non-hydrogen) atoms. The summed E-state index contributed by atoms with van der Waals surface area (Å²) >= 11 is 0. The van der Waals surface area contributed by atoms with Gasteiger partial charge >= 0.3 is 6.09 Å². The third-order valence-electron chi connectivity index (χ3n) is 4.11. The average molecular weight is 325 g/mol. The number of hydrogen-bond donors (Lipinski definition) is 0. The highest BCUT2D eigenvalue weighted by molar-refractivity contribution is 5.70. The Morgan fingerprint density at radius 2 is 1.88 bits per heavy atom. The summed E-state index contributed by atoms with van der Waals surface area (Å²) in [5, 5.41) is 0. The second-order valence-corrected chi connectivity index (χ2v) is 5.79. The van der Waals surface area contributed by atoms with Gasteiger partial charge < -0.3 is 4.74 Å². The number of nitrogens with zero attached hydrogens (tertiary/aromatic N) is 1. The van der Waals surface area contributed by atoms with Crippen LogP contribution in [0.1, 0.15) is 30.0 Å². The number of amides is 1. The number of ether oxygens (including phenoxy) is 1. The van der Waals surface area contributed by atoms with Crippen LogP contribution in [0, 0.1) is 5.82 Å². The number of allylic oxidation sites excluding steroid dienone is 1. The zero-order valence-corrected chi connectivity index (χ0v) is 13.4. The summed E-state index contributed by atoms with van der Waals surface area (Å²) in [4.78, 5) is 13.7. The highest BCUT2D eigenvalue weighted by atomic mass is 19.1. The molecule has 0 N–H and O–H groups in total. The molecule has 1 aliphatic rings. The normalized spacial score (nSPS) is 17.5. The van der Waals surface area contributed by atoms with Gasteiger partial charge in [-0.3, -0.25) is 4.90 Å². The van der Waals surface area contributed by atoms with Gasteiger partial charge in [0, 0.05) is 6.54 Å². The minimum Gasteiger partial charge on any atom is -0.447 e. The van der Waals surface area contributed by atoms with Crippen molar-refractivity contribution in [3.05, 3.63) is 77.6 Å². The van der Waals surface area contributed by atoms with E-state index in [4.69, 9.17) is 4.74 Å². The van der Waals surface area contributed by atoms with E-state index in [1.165, 1.54) is 12.1 Å². The van der Waals surface area contributed by atoms with Crippen LogP contribution in [0.3, 0.4) is 0 Å². The zero-order valence-electron chi connectivity index (χ0n) is 13.4. The Bertz CT molecular complexity index is 697. The number of carbonyl (C=O) groups excluding carboxylic acids is 1. The highest BCUT2D eigenvalue weighted by Crippen LogP contribution is 2.27. The Kier molecular flexibility index (Phi) is 5.26. The summed E-state index contributed by atoms with van der Waals surface area (Å²) in [5.41, 5.74) is 2.07. The van der Waals surface area contributed by atoms with Gasteiger partial charge in [-0.05, 0) is 36.1 Å². The monoisotopic (exact) mass is 325 g/mol. The highest BCUT2D eigenvalue weighted by Gasteiger charge is 2.33. The first-order chi connectivity index (χ1) is 11.7. The fourth-order valence-corrected chi connectivity index (χ4v) is 2.82. The smallest absolute Gasteiger partial charge is 0.410 e. The van der Waals surface area contributed by atoms with Crippen molar-refractivity contribution in [1.82, 2.24) is 4.90 Å². The number of carbonyl (C=O) groups is 1. The van der Waals surface area contributed by atoms with Crippen LogP contribution in [0.4, 0.5) is 9.18 Å². The molecule has 1 heterocycles. The van der Waals surface area contributed by atoms with Crippen molar-refractivity contribution in [3.63, 3.8) is 0 Å². The third-order valence-corrected chi connectivity index (χ3v) is 4.11. The summed E-state index contributed by atoms with van der Waals surface area (Å²) in [5.74, 6) is -0.230. The lowest BCUT2D eigenvalue weighted by Gasteiger charge is -2.21. The number of cyclic esters (lactones) is 1. The van der Waals surface area contributed by atoms with Crippen LogP contribution in [0.2, 0.25) is 0 Å². The number of benzene rings is 2. The van der Waals surface area contributed by atoms with Gasteiger partial charge in [-0.1, -0.05) is 54.6 Å².